The number of nitrogens with zero attached hydrogens (tertiary/aromatic N) is 1. The first-order valence-corrected chi connectivity index (χ1v) is 7.14. The second-order valence-corrected chi connectivity index (χ2v) is 4.85. The minimum absolute atomic E-state index is 0.0809. The maximum Gasteiger partial charge on any atom is 0.250 e. The predicted octanol–water partition coefficient (Wildman–Crippen LogP) is 2.65. The lowest BCUT2D eigenvalue weighted by molar-refractivity contribution is 0.413. The van der Waals surface area contributed by atoms with Crippen LogP contribution in [0.3, 0.4) is 0 Å². The summed E-state index contributed by atoms with van der Waals surface area (Å²) in [5, 5.41) is 3.46. The van der Waals surface area contributed by atoms with E-state index >= 15 is 0 Å². The molecule has 1 heterocycles. The SMILES string of the molecule is CCCCC(CC)CNCCn1ccccc1=O. The van der Waals surface area contributed by atoms with Gasteiger partial charge in [-0.15, -0.1) is 0 Å². The van der Waals surface area contributed by atoms with Gasteiger partial charge in [-0.2, -0.15) is 0 Å². The van der Waals surface area contributed by atoms with Gasteiger partial charge in [0, 0.05) is 25.4 Å². The molecule has 0 fully saturated rings. The van der Waals surface area contributed by atoms with Gasteiger partial charge < -0.3 is 9.88 Å². The van der Waals surface area contributed by atoms with Crippen LogP contribution >= 0.6 is 0 Å². The van der Waals surface area contributed by atoms with Gasteiger partial charge >= 0.3 is 0 Å². The highest BCUT2D eigenvalue weighted by Gasteiger charge is 2.04. The van der Waals surface area contributed by atoms with Crippen LogP contribution in [0.25, 0.3) is 0 Å². The molecule has 0 radical (unpaired) electrons. The van der Waals surface area contributed by atoms with Crippen molar-refractivity contribution in [2.75, 3.05) is 13.1 Å². The molecule has 1 rings (SSSR count). The van der Waals surface area contributed by atoms with Crippen molar-refractivity contribution in [3.8, 4) is 0 Å². The molecule has 0 saturated carbocycles. The molecule has 0 spiro atoms. The van der Waals surface area contributed by atoms with Crippen LogP contribution in [0.1, 0.15) is 39.5 Å². The van der Waals surface area contributed by atoms with Crippen molar-refractivity contribution in [2.45, 2.75) is 46.1 Å². The topological polar surface area (TPSA) is 34.0 Å². The molecule has 1 N–H and O–H groups in total. The zero-order chi connectivity index (χ0) is 13.2. The number of aromatic nitrogens is 1. The molecular formula is C15H26N2O. The first-order chi connectivity index (χ1) is 8.77. The summed E-state index contributed by atoms with van der Waals surface area (Å²) in [6.45, 7) is 7.18. The Balaban J connectivity index is 2.21. The van der Waals surface area contributed by atoms with E-state index in [4.69, 9.17) is 0 Å². The first-order valence-electron chi connectivity index (χ1n) is 7.14. The molecule has 0 aromatic carbocycles. The molecule has 0 bridgehead atoms. The number of pyridine rings is 1. The van der Waals surface area contributed by atoms with E-state index in [2.05, 4.69) is 19.2 Å². The standard InChI is InChI=1S/C15H26N2O/c1-3-5-8-14(4-2)13-16-10-12-17-11-7-6-9-15(17)18/h6-7,9,11,14,16H,3-5,8,10,12-13H2,1-2H3. The highest BCUT2D eigenvalue weighted by Crippen LogP contribution is 2.10. The Morgan fingerprint density at radius 3 is 2.83 bits per heavy atom. The Labute approximate surface area is 110 Å². The lowest BCUT2D eigenvalue weighted by Crippen LogP contribution is -2.29. The summed E-state index contributed by atoms with van der Waals surface area (Å²) in [7, 11) is 0. The molecule has 3 heteroatoms. The van der Waals surface area contributed by atoms with E-state index in [1.165, 1.54) is 25.7 Å². The van der Waals surface area contributed by atoms with Crippen molar-refractivity contribution in [2.24, 2.45) is 5.92 Å². The monoisotopic (exact) mass is 250 g/mol. The quantitative estimate of drug-likeness (QED) is 0.684. The summed E-state index contributed by atoms with van der Waals surface area (Å²) in [5.41, 5.74) is 0.0809. The van der Waals surface area contributed by atoms with Gasteiger partial charge in [0.2, 0.25) is 0 Å². The van der Waals surface area contributed by atoms with E-state index < -0.39 is 0 Å². The Morgan fingerprint density at radius 1 is 1.33 bits per heavy atom. The Morgan fingerprint density at radius 2 is 2.17 bits per heavy atom. The van der Waals surface area contributed by atoms with E-state index in [1.54, 1.807) is 16.7 Å². The number of unbranched alkanes of at least 4 members (excludes halogenated alkanes) is 1. The van der Waals surface area contributed by atoms with Gasteiger partial charge in [0.15, 0.2) is 0 Å². The molecule has 3 nitrogen and oxygen atoms in total. The van der Waals surface area contributed by atoms with E-state index in [0.717, 1.165) is 25.6 Å². The summed E-state index contributed by atoms with van der Waals surface area (Å²) < 4.78 is 1.75. The molecule has 0 saturated heterocycles. The molecule has 1 atom stereocenters. The molecule has 0 amide bonds. The zero-order valence-corrected chi connectivity index (χ0v) is 11.7. The summed E-state index contributed by atoms with van der Waals surface area (Å²) in [4.78, 5) is 11.5. The van der Waals surface area contributed by atoms with Crippen LogP contribution in [0.4, 0.5) is 0 Å². The summed E-state index contributed by atoms with van der Waals surface area (Å²) >= 11 is 0. The van der Waals surface area contributed by atoms with Crippen LogP contribution in [0.15, 0.2) is 29.2 Å². The third-order valence-corrected chi connectivity index (χ3v) is 3.40. The molecule has 0 aliphatic rings. The minimum atomic E-state index is 0.0809. The van der Waals surface area contributed by atoms with Crippen molar-refractivity contribution in [3.05, 3.63) is 34.7 Å². The third kappa shape index (κ3) is 5.50. The first kappa shape index (κ1) is 15.0. The van der Waals surface area contributed by atoms with Crippen LogP contribution in [0.2, 0.25) is 0 Å². The van der Waals surface area contributed by atoms with Crippen molar-refractivity contribution >= 4 is 0 Å². The minimum Gasteiger partial charge on any atom is -0.315 e. The fourth-order valence-electron chi connectivity index (χ4n) is 2.09. The van der Waals surface area contributed by atoms with Crippen molar-refractivity contribution in [1.82, 2.24) is 9.88 Å². The summed E-state index contributed by atoms with van der Waals surface area (Å²) in [5.74, 6) is 0.775. The number of nitrogens with one attached hydrogen (secondary N) is 1. The van der Waals surface area contributed by atoms with Crippen molar-refractivity contribution in [3.63, 3.8) is 0 Å². The van der Waals surface area contributed by atoms with Crippen molar-refractivity contribution in [1.29, 1.82) is 0 Å². The lowest BCUT2D eigenvalue weighted by Gasteiger charge is -2.15. The summed E-state index contributed by atoms with van der Waals surface area (Å²) in [6, 6.07) is 5.29. The second kappa shape index (κ2) is 8.92. The van der Waals surface area contributed by atoms with E-state index in [1.807, 2.05) is 12.3 Å². The maximum atomic E-state index is 11.5. The van der Waals surface area contributed by atoms with Crippen LogP contribution in [-0.4, -0.2) is 17.7 Å². The normalized spacial score (nSPS) is 12.6. The zero-order valence-electron chi connectivity index (χ0n) is 11.7. The van der Waals surface area contributed by atoms with Gasteiger partial charge in [-0.1, -0.05) is 39.2 Å². The maximum absolute atomic E-state index is 11.5. The lowest BCUT2D eigenvalue weighted by atomic mass is 9.99. The molecular weight excluding hydrogens is 224 g/mol. The Hall–Kier alpha value is -1.09. The molecule has 1 aromatic rings. The molecule has 18 heavy (non-hydrogen) atoms. The van der Waals surface area contributed by atoms with Crippen LogP contribution in [0.5, 0.6) is 0 Å². The second-order valence-electron chi connectivity index (χ2n) is 4.85. The fraction of sp³-hybridized carbons (Fsp3) is 0.667. The smallest absolute Gasteiger partial charge is 0.250 e. The molecule has 0 aliphatic heterocycles. The van der Waals surface area contributed by atoms with Gasteiger partial charge in [-0.25, -0.2) is 0 Å². The highest BCUT2D eigenvalue weighted by molar-refractivity contribution is 4.93. The molecule has 102 valence electrons. The van der Waals surface area contributed by atoms with Crippen molar-refractivity contribution < 1.29 is 0 Å². The van der Waals surface area contributed by atoms with Crippen LogP contribution in [-0.2, 0) is 6.54 Å². The largest absolute Gasteiger partial charge is 0.315 e. The van der Waals surface area contributed by atoms with Gasteiger partial charge in [-0.3, -0.25) is 4.79 Å². The van der Waals surface area contributed by atoms with Gasteiger partial charge in [-0.05, 0) is 24.9 Å². The van der Waals surface area contributed by atoms with Gasteiger partial charge in [0.05, 0.1) is 0 Å². The third-order valence-electron chi connectivity index (χ3n) is 3.40. The Kier molecular flexibility index (Phi) is 7.42. The number of hydrogen-bond acceptors (Lipinski definition) is 2. The average Bonchev–Trinajstić information content (AvgIpc) is 2.40. The molecule has 0 aliphatic carbocycles. The summed E-state index contributed by atoms with van der Waals surface area (Å²) in [6.07, 6.45) is 6.98. The fourth-order valence-corrected chi connectivity index (χ4v) is 2.09. The van der Waals surface area contributed by atoms with E-state index in [-0.39, 0.29) is 5.56 Å². The number of rotatable bonds is 9. The van der Waals surface area contributed by atoms with Crippen LogP contribution in [0, 0.1) is 5.92 Å². The predicted molar refractivity (Wildman–Crippen MR) is 76.9 cm³/mol. The van der Waals surface area contributed by atoms with E-state index in [9.17, 15) is 4.79 Å². The highest BCUT2D eigenvalue weighted by atomic mass is 16.1. The number of hydrogen-bond donors (Lipinski definition) is 1. The van der Waals surface area contributed by atoms with Crippen LogP contribution < -0.4 is 10.9 Å². The van der Waals surface area contributed by atoms with Gasteiger partial charge in [0.25, 0.3) is 5.56 Å². The molecule has 1 unspecified atom stereocenters. The van der Waals surface area contributed by atoms with E-state index in [0.29, 0.717) is 0 Å². The molecule has 1 aromatic heterocycles. The Bertz CT molecular complexity index is 373. The van der Waals surface area contributed by atoms with Gasteiger partial charge in [0.1, 0.15) is 0 Å². The average molecular weight is 250 g/mol.